The third-order valence-corrected chi connectivity index (χ3v) is 6.70. The molecule has 1 atom stereocenters. The zero-order valence-corrected chi connectivity index (χ0v) is 18.9. The molecule has 0 spiro atoms. The van der Waals surface area contributed by atoms with E-state index in [-0.39, 0.29) is 23.0 Å². The van der Waals surface area contributed by atoms with Gasteiger partial charge in [0.1, 0.15) is 6.10 Å². The third kappa shape index (κ3) is 4.33. The SMILES string of the molecule is CC1=C(C(=O)OC2CCCCC2)[C@H](c2cccc([N+](=O)[O-])c2)C2=C(CC(C)(C)CC2=O)N1. The Morgan fingerprint density at radius 1 is 1.19 bits per heavy atom. The van der Waals surface area contributed by atoms with Gasteiger partial charge in [-0.05, 0) is 50.0 Å². The maximum atomic E-state index is 13.4. The fourth-order valence-corrected chi connectivity index (χ4v) is 5.26. The first-order valence-corrected chi connectivity index (χ1v) is 11.4. The van der Waals surface area contributed by atoms with Crippen molar-refractivity contribution in [1.29, 1.82) is 0 Å². The Balaban J connectivity index is 1.79. The summed E-state index contributed by atoms with van der Waals surface area (Å²) in [6, 6.07) is 6.24. The molecule has 1 saturated carbocycles. The van der Waals surface area contributed by atoms with E-state index in [0.29, 0.717) is 35.2 Å². The summed E-state index contributed by atoms with van der Waals surface area (Å²) < 4.78 is 5.88. The van der Waals surface area contributed by atoms with Crippen molar-refractivity contribution in [3.05, 3.63) is 62.5 Å². The number of benzene rings is 1. The lowest BCUT2D eigenvalue weighted by molar-refractivity contribution is -0.384. The molecule has 1 heterocycles. The van der Waals surface area contributed by atoms with Crippen molar-refractivity contribution < 1.29 is 19.2 Å². The van der Waals surface area contributed by atoms with E-state index < -0.39 is 16.8 Å². The molecule has 0 radical (unpaired) electrons. The summed E-state index contributed by atoms with van der Waals surface area (Å²) in [6.07, 6.45) is 5.80. The van der Waals surface area contributed by atoms with Crippen LogP contribution < -0.4 is 5.32 Å². The van der Waals surface area contributed by atoms with Crippen molar-refractivity contribution in [2.75, 3.05) is 0 Å². The Bertz CT molecular complexity index is 1030. The van der Waals surface area contributed by atoms with Gasteiger partial charge in [-0.3, -0.25) is 14.9 Å². The Morgan fingerprint density at radius 3 is 2.59 bits per heavy atom. The highest BCUT2D eigenvalue weighted by Gasteiger charge is 2.43. The van der Waals surface area contributed by atoms with Crippen molar-refractivity contribution in [3.8, 4) is 0 Å². The van der Waals surface area contributed by atoms with E-state index in [4.69, 9.17) is 4.74 Å². The largest absolute Gasteiger partial charge is 0.459 e. The van der Waals surface area contributed by atoms with Crippen LogP contribution in [0.1, 0.15) is 77.2 Å². The van der Waals surface area contributed by atoms with Crippen LogP contribution in [-0.4, -0.2) is 22.8 Å². The summed E-state index contributed by atoms with van der Waals surface area (Å²) in [5, 5.41) is 14.7. The van der Waals surface area contributed by atoms with E-state index in [9.17, 15) is 19.7 Å². The van der Waals surface area contributed by atoms with E-state index in [1.165, 1.54) is 12.1 Å². The molecule has 0 bridgehead atoms. The number of ketones is 1. The fourth-order valence-electron chi connectivity index (χ4n) is 5.26. The molecule has 4 rings (SSSR count). The normalized spacial score (nSPS) is 23.5. The van der Waals surface area contributed by atoms with Gasteiger partial charge >= 0.3 is 5.97 Å². The monoisotopic (exact) mass is 438 g/mol. The number of nitrogens with zero attached hydrogens (tertiary/aromatic N) is 1. The Kier molecular flexibility index (Phi) is 5.93. The highest BCUT2D eigenvalue weighted by atomic mass is 16.6. The predicted molar refractivity (Wildman–Crippen MR) is 120 cm³/mol. The topological polar surface area (TPSA) is 98.5 Å². The van der Waals surface area contributed by atoms with Crippen LogP contribution in [0.3, 0.4) is 0 Å². The maximum absolute atomic E-state index is 13.4. The van der Waals surface area contributed by atoms with Gasteiger partial charge in [0.25, 0.3) is 5.69 Å². The zero-order valence-electron chi connectivity index (χ0n) is 18.9. The second-order valence-electron chi connectivity index (χ2n) is 9.95. The van der Waals surface area contributed by atoms with Gasteiger partial charge in [-0.1, -0.05) is 32.4 Å². The number of hydrogen-bond acceptors (Lipinski definition) is 6. The van der Waals surface area contributed by atoms with Gasteiger partial charge in [0, 0.05) is 41.4 Å². The van der Waals surface area contributed by atoms with Crippen LogP contribution in [0.5, 0.6) is 0 Å². The zero-order chi connectivity index (χ0) is 23.0. The number of carbonyl (C=O) groups excluding carboxylic acids is 2. The molecule has 170 valence electrons. The number of ether oxygens (including phenoxy) is 1. The first kappa shape index (κ1) is 22.2. The van der Waals surface area contributed by atoms with Crippen LogP contribution >= 0.6 is 0 Å². The van der Waals surface area contributed by atoms with Crippen molar-refractivity contribution in [2.45, 2.75) is 77.7 Å². The lowest BCUT2D eigenvalue weighted by Gasteiger charge is -2.39. The van der Waals surface area contributed by atoms with Crippen LogP contribution in [0.25, 0.3) is 0 Å². The molecule has 1 aliphatic heterocycles. The first-order valence-electron chi connectivity index (χ1n) is 11.4. The van der Waals surface area contributed by atoms with E-state index >= 15 is 0 Å². The van der Waals surface area contributed by atoms with Crippen LogP contribution in [0.4, 0.5) is 5.69 Å². The molecule has 32 heavy (non-hydrogen) atoms. The molecule has 1 N–H and O–H groups in total. The molecular formula is C25H30N2O5. The van der Waals surface area contributed by atoms with Crippen molar-refractivity contribution >= 4 is 17.4 Å². The molecule has 1 aromatic carbocycles. The highest BCUT2D eigenvalue weighted by molar-refractivity contribution is 6.04. The summed E-state index contributed by atoms with van der Waals surface area (Å²) in [5.41, 5.74) is 2.66. The number of carbonyl (C=O) groups is 2. The number of nitrogens with one attached hydrogen (secondary N) is 1. The average molecular weight is 439 g/mol. The van der Waals surface area contributed by atoms with Crippen molar-refractivity contribution in [1.82, 2.24) is 5.32 Å². The summed E-state index contributed by atoms with van der Waals surface area (Å²) in [6.45, 7) is 5.91. The van der Waals surface area contributed by atoms with E-state index in [0.717, 1.165) is 37.8 Å². The number of Topliss-reactive ketones (excluding diaryl/α,β-unsaturated/α-hetero) is 1. The average Bonchev–Trinajstić information content (AvgIpc) is 2.72. The van der Waals surface area contributed by atoms with Gasteiger partial charge in [-0.25, -0.2) is 4.79 Å². The van der Waals surface area contributed by atoms with Crippen LogP contribution in [0.15, 0.2) is 46.8 Å². The lowest BCUT2D eigenvalue weighted by atomic mass is 9.68. The number of esters is 1. The molecule has 0 unspecified atom stereocenters. The minimum atomic E-state index is -0.675. The van der Waals surface area contributed by atoms with Crippen LogP contribution in [-0.2, 0) is 14.3 Å². The minimum Gasteiger partial charge on any atom is -0.459 e. The van der Waals surface area contributed by atoms with Gasteiger partial charge in [-0.15, -0.1) is 0 Å². The molecule has 2 aliphatic carbocycles. The highest BCUT2D eigenvalue weighted by Crippen LogP contribution is 2.47. The quantitative estimate of drug-likeness (QED) is 0.400. The van der Waals surface area contributed by atoms with Gasteiger partial charge < -0.3 is 10.1 Å². The third-order valence-electron chi connectivity index (χ3n) is 6.70. The molecule has 0 saturated heterocycles. The number of rotatable bonds is 4. The predicted octanol–water partition coefficient (Wildman–Crippen LogP) is 5.07. The molecule has 1 aromatic rings. The summed E-state index contributed by atoms with van der Waals surface area (Å²) >= 11 is 0. The van der Waals surface area contributed by atoms with E-state index in [1.54, 1.807) is 12.1 Å². The Hall–Kier alpha value is -2.96. The second kappa shape index (κ2) is 8.52. The number of nitro groups is 1. The number of dihydropyridines is 1. The molecule has 3 aliphatic rings. The molecule has 1 fully saturated rings. The standard InChI is InChI=1S/C25H30N2O5/c1-15-21(24(29)32-18-10-5-4-6-11-18)22(16-8-7-9-17(12-16)27(30)31)23-19(26-15)13-25(2,3)14-20(23)28/h7-9,12,18,22,26H,4-6,10-11,13-14H2,1-3H3/t22-/m0/s1. The van der Waals surface area contributed by atoms with Crippen molar-refractivity contribution in [2.24, 2.45) is 5.41 Å². The summed E-state index contributed by atoms with van der Waals surface area (Å²) in [7, 11) is 0. The van der Waals surface area contributed by atoms with E-state index in [1.807, 2.05) is 20.8 Å². The molecule has 7 nitrogen and oxygen atoms in total. The number of non-ortho nitro benzene ring substituents is 1. The minimum absolute atomic E-state index is 0.0317. The van der Waals surface area contributed by atoms with Crippen LogP contribution in [0.2, 0.25) is 0 Å². The fraction of sp³-hybridized carbons (Fsp3) is 0.520. The maximum Gasteiger partial charge on any atom is 0.337 e. The molecule has 0 aromatic heterocycles. The molecule has 0 amide bonds. The van der Waals surface area contributed by atoms with Crippen LogP contribution in [0, 0.1) is 15.5 Å². The Labute approximate surface area is 188 Å². The summed E-state index contributed by atoms with van der Waals surface area (Å²) in [5.74, 6) is -1.15. The second-order valence-corrected chi connectivity index (χ2v) is 9.95. The van der Waals surface area contributed by atoms with Gasteiger partial charge in [0.05, 0.1) is 10.5 Å². The lowest BCUT2D eigenvalue weighted by Crippen LogP contribution is -2.39. The Morgan fingerprint density at radius 2 is 1.91 bits per heavy atom. The van der Waals surface area contributed by atoms with Gasteiger partial charge in [0.15, 0.2) is 5.78 Å². The number of nitro benzene ring substituents is 1. The first-order chi connectivity index (χ1) is 15.2. The van der Waals surface area contributed by atoms with Gasteiger partial charge in [-0.2, -0.15) is 0 Å². The number of allylic oxidation sites excluding steroid dienone is 3. The summed E-state index contributed by atoms with van der Waals surface area (Å²) in [4.78, 5) is 37.7. The van der Waals surface area contributed by atoms with Gasteiger partial charge in [0.2, 0.25) is 0 Å². The van der Waals surface area contributed by atoms with Crippen molar-refractivity contribution in [3.63, 3.8) is 0 Å². The molecule has 7 heteroatoms. The van der Waals surface area contributed by atoms with E-state index in [2.05, 4.69) is 5.32 Å². The number of hydrogen-bond donors (Lipinski definition) is 1. The molecular weight excluding hydrogens is 408 g/mol. The smallest absolute Gasteiger partial charge is 0.337 e.